The summed E-state index contributed by atoms with van der Waals surface area (Å²) in [5.41, 5.74) is 1.37. The number of rotatable bonds is 4. The number of carbonyl (C=O) groups excluding carboxylic acids is 1. The van der Waals surface area contributed by atoms with E-state index in [0.29, 0.717) is 16.8 Å². The van der Waals surface area contributed by atoms with E-state index in [4.69, 9.17) is 9.63 Å². The molecule has 1 aromatic heterocycles. The molecule has 0 bridgehead atoms. The van der Waals surface area contributed by atoms with Gasteiger partial charge in [0, 0.05) is 5.39 Å². The number of hydrogen-bond acceptors (Lipinski definition) is 8. The number of phenolic OH excluding ortho intramolecular Hbond substituents is 1. The molecular weight excluding hydrogens is 336 g/mol. The predicted molar refractivity (Wildman–Crippen MR) is 87.2 cm³/mol. The van der Waals surface area contributed by atoms with E-state index in [0.717, 1.165) is 17.1 Å². The van der Waals surface area contributed by atoms with Crippen LogP contribution >= 0.6 is 11.8 Å². The molecule has 1 aliphatic rings. The van der Waals surface area contributed by atoms with Crippen LogP contribution in [-0.2, 0) is 9.59 Å². The third-order valence-electron chi connectivity index (χ3n) is 3.31. The lowest BCUT2D eigenvalue weighted by Gasteiger charge is -1.98. The first-order chi connectivity index (χ1) is 11.5. The van der Waals surface area contributed by atoms with Crippen LogP contribution in [0.1, 0.15) is 17.7 Å². The Morgan fingerprint density at radius 2 is 2.33 bits per heavy atom. The summed E-state index contributed by atoms with van der Waals surface area (Å²) in [5, 5.41) is 32.8. The zero-order chi connectivity index (χ0) is 17.3. The highest BCUT2D eigenvalue weighted by molar-refractivity contribution is 8.15. The second-order valence-corrected chi connectivity index (χ2v) is 6.18. The van der Waals surface area contributed by atoms with Gasteiger partial charge >= 0.3 is 5.97 Å². The third kappa shape index (κ3) is 3.08. The second-order valence-electron chi connectivity index (χ2n) is 4.99. The summed E-state index contributed by atoms with van der Waals surface area (Å²) in [5.74, 6) is -1.54. The molecule has 0 aliphatic carbocycles. The van der Waals surface area contributed by atoms with Gasteiger partial charge in [-0.2, -0.15) is 5.10 Å². The zero-order valence-corrected chi connectivity index (χ0v) is 13.2. The van der Waals surface area contributed by atoms with Gasteiger partial charge in [0.15, 0.2) is 10.8 Å². The number of carboxylic acids is 1. The molecule has 24 heavy (non-hydrogen) atoms. The highest BCUT2D eigenvalue weighted by atomic mass is 32.2. The van der Waals surface area contributed by atoms with Crippen LogP contribution in [0.3, 0.4) is 0 Å². The van der Waals surface area contributed by atoms with Gasteiger partial charge in [0.05, 0.1) is 23.9 Å². The summed E-state index contributed by atoms with van der Waals surface area (Å²) >= 11 is 0.991. The summed E-state index contributed by atoms with van der Waals surface area (Å²) in [4.78, 5) is 22.3. The van der Waals surface area contributed by atoms with Crippen molar-refractivity contribution in [3.63, 3.8) is 0 Å². The SMILES string of the molecule is Cc1noc2c(C=NN=C3NC(=O)C(CC(=O)O)S3)c(O)ccc12. The third-order valence-corrected chi connectivity index (χ3v) is 4.38. The topological polar surface area (TPSA) is 137 Å². The molecule has 1 amide bonds. The Bertz CT molecular complexity index is 889. The maximum absolute atomic E-state index is 11.6. The first kappa shape index (κ1) is 16.0. The number of aryl methyl sites for hydroxylation is 1. The molecule has 2 heterocycles. The minimum absolute atomic E-state index is 0.0468. The monoisotopic (exact) mass is 348 g/mol. The number of aromatic nitrogens is 1. The Kier molecular flexibility index (Phi) is 4.21. The molecule has 0 spiro atoms. The summed E-state index contributed by atoms with van der Waals surface area (Å²) in [6.07, 6.45) is 0.989. The number of nitrogens with one attached hydrogen (secondary N) is 1. The van der Waals surface area contributed by atoms with E-state index in [9.17, 15) is 14.7 Å². The normalized spacial score (nSPS) is 19.5. The number of carboxylic acid groups (broad SMARTS) is 1. The van der Waals surface area contributed by atoms with E-state index >= 15 is 0 Å². The standard InChI is InChI=1S/C14H12N4O5S/c1-6-7-2-3-9(19)8(12(7)23-18-6)5-15-17-14-16-13(22)10(24-14)4-11(20)21/h2-3,5,10,19H,4H2,1H3,(H,20,21)(H,16,17,22). The fraction of sp³-hybridized carbons (Fsp3) is 0.214. The molecule has 3 rings (SSSR count). The van der Waals surface area contributed by atoms with E-state index in [2.05, 4.69) is 20.7 Å². The van der Waals surface area contributed by atoms with E-state index in [-0.39, 0.29) is 17.3 Å². The van der Waals surface area contributed by atoms with E-state index in [1.807, 2.05) is 0 Å². The van der Waals surface area contributed by atoms with Gasteiger partial charge in [-0.25, -0.2) is 0 Å². The van der Waals surface area contributed by atoms with E-state index in [1.54, 1.807) is 13.0 Å². The van der Waals surface area contributed by atoms with Gasteiger partial charge in [0.2, 0.25) is 5.91 Å². The minimum Gasteiger partial charge on any atom is -0.507 e. The molecule has 1 aliphatic heterocycles. The lowest BCUT2D eigenvalue weighted by molar-refractivity contribution is -0.138. The second kappa shape index (κ2) is 6.32. The molecule has 2 aromatic rings. The number of aliphatic carboxylic acids is 1. The Morgan fingerprint density at radius 1 is 1.54 bits per heavy atom. The Balaban J connectivity index is 1.81. The highest BCUT2D eigenvalue weighted by Gasteiger charge is 2.32. The van der Waals surface area contributed by atoms with Gasteiger partial charge in [-0.1, -0.05) is 16.9 Å². The summed E-state index contributed by atoms with van der Waals surface area (Å²) < 4.78 is 5.17. The van der Waals surface area contributed by atoms with Crippen LogP contribution in [-0.4, -0.2) is 43.9 Å². The molecule has 0 saturated carbocycles. The van der Waals surface area contributed by atoms with E-state index in [1.165, 1.54) is 12.3 Å². The maximum Gasteiger partial charge on any atom is 0.305 e. The quantitative estimate of drug-likeness (QED) is 0.558. The van der Waals surface area contributed by atoms with Gasteiger partial charge < -0.3 is 20.1 Å². The number of amidine groups is 1. The fourth-order valence-corrected chi connectivity index (χ4v) is 3.06. The molecule has 3 N–H and O–H groups in total. The molecule has 1 unspecified atom stereocenters. The van der Waals surface area contributed by atoms with Crippen molar-refractivity contribution < 1.29 is 24.3 Å². The fourth-order valence-electron chi connectivity index (χ4n) is 2.14. The summed E-state index contributed by atoms with van der Waals surface area (Å²) in [6.45, 7) is 1.78. The van der Waals surface area contributed by atoms with Crippen LogP contribution in [0.25, 0.3) is 11.0 Å². The van der Waals surface area contributed by atoms with Crippen molar-refractivity contribution in [2.75, 3.05) is 0 Å². The van der Waals surface area contributed by atoms with Crippen molar-refractivity contribution in [3.8, 4) is 5.75 Å². The van der Waals surface area contributed by atoms with Crippen molar-refractivity contribution in [3.05, 3.63) is 23.4 Å². The molecule has 1 aromatic carbocycles. The van der Waals surface area contributed by atoms with Crippen LogP contribution in [0.2, 0.25) is 0 Å². The van der Waals surface area contributed by atoms with Crippen molar-refractivity contribution in [1.82, 2.24) is 10.5 Å². The number of aromatic hydroxyl groups is 1. The number of phenols is 1. The largest absolute Gasteiger partial charge is 0.507 e. The van der Waals surface area contributed by atoms with Gasteiger partial charge in [-0.15, -0.1) is 5.10 Å². The zero-order valence-electron chi connectivity index (χ0n) is 12.4. The van der Waals surface area contributed by atoms with Crippen molar-refractivity contribution in [2.24, 2.45) is 10.2 Å². The molecule has 1 fully saturated rings. The Hall–Kier alpha value is -2.88. The minimum atomic E-state index is -1.07. The number of thioether (sulfide) groups is 1. The summed E-state index contributed by atoms with van der Waals surface area (Å²) in [6, 6.07) is 3.18. The molecule has 0 radical (unpaired) electrons. The van der Waals surface area contributed by atoms with Crippen molar-refractivity contribution in [1.29, 1.82) is 0 Å². The van der Waals surface area contributed by atoms with Crippen molar-refractivity contribution >= 4 is 46.0 Å². The van der Waals surface area contributed by atoms with Crippen LogP contribution in [0.15, 0.2) is 26.9 Å². The predicted octanol–water partition coefficient (Wildman–Crippen LogP) is 1.24. The smallest absolute Gasteiger partial charge is 0.305 e. The highest BCUT2D eigenvalue weighted by Crippen LogP contribution is 2.28. The van der Waals surface area contributed by atoms with Crippen LogP contribution in [0.5, 0.6) is 5.75 Å². The maximum atomic E-state index is 11.6. The molecular formula is C14H12N4O5S. The van der Waals surface area contributed by atoms with Gasteiger partial charge in [-0.05, 0) is 19.1 Å². The first-order valence-corrected chi connectivity index (χ1v) is 7.72. The first-order valence-electron chi connectivity index (χ1n) is 6.84. The number of amides is 1. The Morgan fingerprint density at radius 3 is 3.08 bits per heavy atom. The molecule has 1 saturated heterocycles. The number of benzene rings is 1. The van der Waals surface area contributed by atoms with Gasteiger partial charge in [-0.3, -0.25) is 9.59 Å². The lowest BCUT2D eigenvalue weighted by atomic mass is 10.1. The van der Waals surface area contributed by atoms with Crippen LogP contribution < -0.4 is 5.32 Å². The van der Waals surface area contributed by atoms with Crippen molar-refractivity contribution in [2.45, 2.75) is 18.6 Å². The van der Waals surface area contributed by atoms with Gasteiger partial charge in [0.1, 0.15) is 11.0 Å². The molecule has 9 nitrogen and oxygen atoms in total. The number of hydrogen-bond donors (Lipinski definition) is 3. The molecule has 1 atom stereocenters. The molecule has 10 heteroatoms. The summed E-state index contributed by atoms with van der Waals surface area (Å²) in [7, 11) is 0. The van der Waals surface area contributed by atoms with Gasteiger partial charge in [0.25, 0.3) is 0 Å². The molecule has 124 valence electrons. The average Bonchev–Trinajstić information content (AvgIpc) is 3.05. The van der Waals surface area contributed by atoms with Crippen LogP contribution in [0.4, 0.5) is 0 Å². The number of carbonyl (C=O) groups is 2. The van der Waals surface area contributed by atoms with Crippen LogP contribution in [0, 0.1) is 6.92 Å². The number of fused-ring (bicyclic) bond motifs is 1. The lowest BCUT2D eigenvalue weighted by Crippen LogP contribution is -2.26. The average molecular weight is 348 g/mol. The Labute approximate surface area is 139 Å². The number of nitrogens with zero attached hydrogens (tertiary/aromatic N) is 3. The van der Waals surface area contributed by atoms with E-state index < -0.39 is 17.1 Å².